The standard InChI is InChI=1S/C14H14BrNO/c1-17-14-8-6-13(7-9-14)16-10-11-2-4-12(15)5-3-11/h2-6,8-10,13H,7H2,1H3/b16-10+. The van der Waals surface area contributed by atoms with Crippen LogP contribution in [0.1, 0.15) is 12.0 Å². The first-order chi connectivity index (χ1) is 8.28. The Hall–Kier alpha value is -1.35. The number of aliphatic imine (C=N–C) groups is 1. The van der Waals surface area contributed by atoms with Crippen LogP contribution >= 0.6 is 15.9 Å². The fourth-order valence-corrected chi connectivity index (χ4v) is 1.85. The first kappa shape index (κ1) is 12.1. The normalized spacial score (nSPS) is 19.4. The van der Waals surface area contributed by atoms with Gasteiger partial charge in [-0.2, -0.15) is 0 Å². The number of allylic oxidation sites excluding steroid dienone is 1. The van der Waals surface area contributed by atoms with Crippen LogP contribution < -0.4 is 0 Å². The number of hydrogen-bond donors (Lipinski definition) is 0. The summed E-state index contributed by atoms with van der Waals surface area (Å²) in [6, 6.07) is 8.33. The highest BCUT2D eigenvalue weighted by Crippen LogP contribution is 2.14. The van der Waals surface area contributed by atoms with Gasteiger partial charge in [0.25, 0.3) is 0 Å². The van der Waals surface area contributed by atoms with E-state index in [1.165, 1.54) is 0 Å². The van der Waals surface area contributed by atoms with Crippen molar-refractivity contribution in [2.45, 2.75) is 12.5 Å². The number of nitrogens with zero attached hydrogens (tertiary/aromatic N) is 1. The molecule has 1 aliphatic carbocycles. The van der Waals surface area contributed by atoms with E-state index in [9.17, 15) is 0 Å². The van der Waals surface area contributed by atoms with Crippen molar-refractivity contribution in [2.75, 3.05) is 7.11 Å². The van der Waals surface area contributed by atoms with Crippen molar-refractivity contribution in [3.8, 4) is 0 Å². The third-order valence-electron chi connectivity index (χ3n) is 2.56. The molecule has 2 rings (SSSR count). The highest BCUT2D eigenvalue weighted by molar-refractivity contribution is 9.10. The van der Waals surface area contributed by atoms with Crippen LogP contribution in [0.4, 0.5) is 0 Å². The average molecular weight is 292 g/mol. The Morgan fingerprint density at radius 1 is 1.35 bits per heavy atom. The van der Waals surface area contributed by atoms with Gasteiger partial charge >= 0.3 is 0 Å². The van der Waals surface area contributed by atoms with Gasteiger partial charge in [0.1, 0.15) is 5.76 Å². The first-order valence-corrected chi connectivity index (χ1v) is 6.28. The number of methoxy groups -OCH3 is 1. The maximum atomic E-state index is 5.13. The van der Waals surface area contributed by atoms with Crippen LogP contribution in [0, 0.1) is 0 Å². The Morgan fingerprint density at radius 2 is 2.12 bits per heavy atom. The van der Waals surface area contributed by atoms with E-state index >= 15 is 0 Å². The van der Waals surface area contributed by atoms with Gasteiger partial charge in [0.05, 0.1) is 13.2 Å². The predicted molar refractivity (Wildman–Crippen MR) is 74.4 cm³/mol. The largest absolute Gasteiger partial charge is 0.497 e. The van der Waals surface area contributed by atoms with E-state index < -0.39 is 0 Å². The molecule has 88 valence electrons. The zero-order valence-electron chi connectivity index (χ0n) is 9.64. The quantitative estimate of drug-likeness (QED) is 0.778. The Morgan fingerprint density at radius 3 is 2.71 bits per heavy atom. The lowest BCUT2D eigenvalue weighted by Gasteiger charge is -2.11. The van der Waals surface area contributed by atoms with Crippen molar-refractivity contribution < 1.29 is 4.74 Å². The van der Waals surface area contributed by atoms with Gasteiger partial charge in [0.2, 0.25) is 0 Å². The average Bonchev–Trinajstić information content (AvgIpc) is 2.39. The van der Waals surface area contributed by atoms with Crippen LogP contribution in [0.25, 0.3) is 0 Å². The fourth-order valence-electron chi connectivity index (χ4n) is 1.58. The topological polar surface area (TPSA) is 21.6 Å². The molecule has 0 saturated heterocycles. The summed E-state index contributed by atoms with van der Waals surface area (Å²) >= 11 is 3.41. The van der Waals surface area contributed by atoms with Crippen LogP contribution in [0.15, 0.2) is 57.7 Å². The molecule has 1 aromatic carbocycles. The molecule has 3 heteroatoms. The zero-order valence-corrected chi connectivity index (χ0v) is 11.2. The minimum absolute atomic E-state index is 0.220. The van der Waals surface area contributed by atoms with Gasteiger partial charge in [-0.25, -0.2) is 0 Å². The van der Waals surface area contributed by atoms with Crippen molar-refractivity contribution in [1.29, 1.82) is 0 Å². The van der Waals surface area contributed by atoms with Crippen molar-refractivity contribution in [1.82, 2.24) is 0 Å². The number of benzene rings is 1. The van der Waals surface area contributed by atoms with Gasteiger partial charge < -0.3 is 4.74 Å². The highest BCUT2D eigenvalue weighted by atomic mass is 79.9. The van der Waals surface area contributed by atoms with E-state index in [-0.39, 0.29) is 6.04 Å². The molecule has 0 N–H and O–H groups in total. The summed E-state index contributed by atoms with van der Waals surface area (Å²) in [6.45, 7) is 0. The summed E-state index contributed by atoms with van der Waals surface area (Å²) in [5.74, 6) is 0.917. The van der Waals surface area contributed by atoms with Gasteiger partial charge in [0.15, 0.2) is 0 Å². The maximum Gasteiger partial charge on any atom is 0.114 e. The van der Waals surface area contributed by atoms with E-state index in [0.717, 1.165) is 22.2 Å². The van der Waals surface area contributed by atoms with E-state index in [2.05, 4.69) is 33.1 Å². The number of ether oxygens (including phenoxy) is 1. The second-order valence-electron chi connectivity index (χ2n) is 3.80. The molecule has 0 aliphatic heterocycles. The molecule has 0 saturated carbocycles. The fraction of sp³-hybridized carbons (Fsp3) is 0.214. The van der Waals surface area contributed by atoms with Gasteiger partial charge in [-0.05, 0) is 36.3 Å². The SMILES string of the molecule is COC1=CCC(/N=C/c2ccc(Br)cc2)C=C1. The van der Waals surface area contributed by atoms with Gasteiger partial charge in [0, 0.05) is 10.7 Å². The molecular weight excluding hydrogens is 278 g/mol. The second kappa shape index (κ2) is 5.82. The van der Waals surface area contributed by atoms with Crippen LogP contribution in [0.2, 0.25) is 0 Å². The molecule has 0 spiro atoms. The minimum Gasteiger partial charge on any atom is -0.497 e. The van der Waals surface area contributed by atoms with Crippen molar-refractivity contribution in [3.05, 3.63) is 58.3 Å². The van der Waals surface area contributed by atoms with Crippen LogP contribution in [-0.4, -0.2) is 19.4 Å². The summed E-state index contributed by atoms with van der Waals surface area (Å²) in [5.41, 5.74) is 1.11. The smallest absolute Gasteiger partial charge is 0.114 e. The Bertz CT molecular complexity index is 460. The monoisotopic (exact) mass is 291 g/mol. The molecule has 0 heterocycles. The minimum atomic E-state index is 0.220. The predicted octanol–water partition coefficient (Wildman–Crippen LogP) is 3.73. The summed E-state index contributed by atoms with van der Waals surface area (Å²) in [5, 5.41) is 0. The van der Waals surface area contributed by atoms with Crippen LogP contribution in [0.5, 0.6) is 0 Å². The molecule has 1 aromatic rings. The molecule has 0 amide bonds. The Balaban J connectivity index is 1.97. The van der Waals surface area contributed by atoms with Crippen molar-refractivity contribution >= 4 is 22.1 Å². The number of halogens is 1. The lowest BCUT2D eigenvalue weighted by Crippen LogP contribution is -2.04. The molecule has 1 unspecified atom stereocenters. The molecule has 1 aliphatic rings. The second-order valence-corrected chi connectivity index (χ2v) is 4.72. The van der Waals surface area contributed by atoms with Gasteiger partial charge in [-0.15, -0.1) is 0 Å². The van der Waals surface area contributed by atoms with E-state index in [0.29, 0.717) is 0 Å². The molecule has 0 aromatic heterocycles. The van der Waals surface area contributed by atoms with Gasteiger partial charge in [-0.3, -0.25) is 4.99 Å². The summed E-state index contributed by atoms with van der Waals surface area (Å²) in [7, 11) is 1.68. The highest BCUT2D eigenvalue weighted by Gasteiger charge is 2.05. The molecule has 17 heavy (non-hydrogen) atoms. The summed E-state index contributed by atoms with van der Waals surface area (Å²) in [4.78, 5) is 4.52. The molecule has 1 atom stereocenters. The van der Waals surface area contributed by atoms with Crippen molar-refractivity contribution in [2.24, 2.45) is 4.99 Å². The lowest BCUT2D eigenvalue weighted by molar-refractivity contribution is 0.303. The van der Waals surface area contributed by atoms with E-state index in [4.69, 9.17) is 4.74 Å². The summed E-state index contributed by atoms with van der Waals surface area (Å²) < 4.78 is 6.22. The van der Waals surface area contributed by atoms with E-state index in [1.54, 1.807) is 7.11 Å². The summed E-state index contributed by atoms with van der Waals surface area (Å²) in [6.07, 6.45) is 8.89. The Kier molecular flexibility index (Phi) is 4.15. The Labute approximate surface area is 110 Å². The van der Waals surface area contributed by atoms with E-state index in [1.807, 2.05) is 36.6 Å². The molecule has 0 bridgehead atoms. The molecule has 2 nitrogen and oxygen atoms in total. The van der Waals surface area contributed by atoms with Gasteiger partial charge in [-0.1, -0.05) is 34.1 Å². The number of hydrogen-bond acceptors (Lipinski definition) is 2. The van der Waals surface area contributed by atoms with Crippen LogP contribution in [0.3, 0.4) is 0 Å². The van der Waals surface area contributed by atoms with Crippen LogP contribution in [-0.2, 0) is 4.74 Å². The maximum absolute atomic E-state index is 5.13. The molecular formula is C14H14BrNO. The third kappa shape index (κ3) is 3.56. The lowest BCUT2D eigenvalue weighted by atomic mass is 10.1. The molecule has 0 radical (unpaired) electrons. The molecule has 0 fully saturated rings. The van der Waals surface area contributed by atoms with Crippen molar-refractivity contribution in [3.63, 3.8) is 0 Å². The zero-order chi connectivity index (χ0) is 12.1. The first-order valence-electron chi connectivity index (χ1n) is 5.49. The number of rotatable bonds is 3. The third-order valence-corrected chi connectivity index (χ3v) is 3.09.